The molecule has 0 N–H and O–H groups in total. The molecular weight excluding hydrogens is 335 g/mol. The van der Waals surface area contributed by atoms with Crippen LogP contribution in [-0.2, 0) is 4.79 Å². The van der Waals surface area contributed by atoms with Crippen molar-refractivity contribution in [1.29, 1.82) is 0 Å². The van der Waals surface area contributed by atoms with Crippen LogP contribution in [0.3, 0.4) is 0 Å². The zero-order valence-electron chi connectivity index (χ0n) is 13.3. The predicted octanol–water partition coefficient (Wildman–Crippen LogP) is 6.53. The third kappa shape index (κ3) is 7.21. The van der Waals surface area contributed by atoms with E-state index in [0.717, 1.165) is 29.9 Å². The third-order valence-corrected chi connectivity index (χ3v) is 5.25. The number of unbranched alkanes of at least 4 members (excludes halogenated alkanes) is 2. The predicted molar refractivity (Wildman–Crippen MR) is 101 cm³/mol. The second-order valence-electron chi connectivity index (χ2n) is 5.26. The van der Waals surface area contributed by atoms with Gasteiger partial charge in [0.2, 0.25) is 0 Å². The second-order valence-corrected chi connectivity index (χ2v) is 7.39. The molecule has 0 saturated heterocycles. The Bertz CT molecular complexity index is 500. The number of ketones is 1. The number of thioether (sulfide) groups is 1. The number of carbonyl (C=O) groups excluding carboxylic acids is 1. The van der Waals surface area contributed by atoms with Crippen molar-refractivity contribution < 1.29 is 4.79 Å². The highest BCUT2D eigenvalue weighted by Crippen LogP contribution is 2.23. The van der Waals surface area contributed by atoms with Crippen molar-refractivity contribution in [3.05, 3.63) is 39.9 Å². The molecule has 4 heteroatoms. The van der Waals surface area contributed by atoms with E-state index in [9.17, 15) is 4.79 Å². The lowest BCUT2D eigenvalue weighted by atomic mass is 9.98. The molecule has 0 aliphatic rings. The van der Waals surface area contributed by atoms with E-state index in [1.165, 1.54) is 12.8 Å². The van der Waals surface area contributed by atoms with Crippen LogP contribution < -0.4 is 0 Å². The Morgan fingerprint density at radius 2 is 2.00 bits per heavy atom. The zero-order chi connectivity index (χ0) is 16.4. The van der Waals surface area contributed by atoms with Crippen LogP contribution in [0.25, 0.3) is 6.08 Å². The first-order chi connectivity index (χ1) is 10.6. The summed E-state index contributed by atoms with van der Waals surface area (Å²) in [6.45, 7) is 4.31. The van der Waals surface area contributed by atoms with Crippen molar-refractivity contribution in [3.63, 3.8) is 0 Å². The lowest BCUT2D eigenvalue weighted by molar-refractivity contribution is -0.117. The van der Waals surface area contributed by atoms with E-state index >= 15 is 0 Å². The van der Waals surface area contributed by atoms with Crippen LogP contribution in [0.2, 0.25) is 10.0 Å². The van der Waals surface area contributed by atoms with Crippen LogP contribution in [-0.4, -0.2) is 17.3 Å². The smallest absolute Gasteiger partial charge is 0.159 e. The molecule has 0 amide bonds. The lowest BCUT2D eigenvalue weighted by Crippen LogP contribution is -2.15. The molecule has 0 saturated carbocycles. The first-order valence-corrected chi connectivity index (χ1v) is 9.74. The summed E-state index contributed by atoms with van der Waals surface area (Å²) in [7, 11) is 0. The first-order valence-electron chi connectivity index (χ1n) is 7.83. The van der Waals surface area contributed by atoms with Crippen molar-refractivity contribution in [2.75, 3.05) is 11.5 Å². The first kappa shape index (κ1) is 19.6. The van der Waals surface area contributed by atoms with Gasteiger partial charge >= 0.3 is 0 Å². The largest absolute Gasteiger partial charge is 0.295 e. The summed E-state index contributed by atoms with van der Waals surface area (Å²) in [6.07, 6.45) is 7.99. The summed E-state index contributed by atoms with van der Waals surface area (Å²) in [5.41, 5.74) is 0.901. The summed E-state index contributed by atoms with van der Waals surface area (Å²) in [5, 5.41) is 1.04. The second kappa shape index (κ2) is 11.2. The van der Waals surface area contributed by atoms with Gasteiger partial charge in [0, 0.05) is 11.7 Å². The Hall–Kier alpha value is -0.440. The highest BCUT2D eigenvalue weighted by atomic mass is 35.5. The van der Waals surface area contributed by atoms with E-state index in [0.29, 0.717) is 10.0 Å². The van der Waals surface area contributed by atoms with Gasteiger partial charge in [-0.3, -0.25) is 4.79 Å². The average molecular weight is 359 g/mol. The maximum absolute atomic E-state index is 12.4. The van der Waals surface area contributed by atoms with Gasteiger partial charge in [-0.25, -0.2) is 0 Å². The minimum Gasteiger partial charge on any atom is -0.295 e. The van der Waals surface area contributed by atoms with Gasteiger partial charge in [-0.05, 0) is 35.9 Å². The standard InChI is InChI=1S/C18H24Cl2OS/c1-3-5-6-7-15(13-22-4-2)18(21)11-9-14-8-10-16(19)17(20)12-14/h8-12,15H,3-7,13H2,1-2H3/b11-9+/t15-/m1/s1. The fourth-order valence-electron chi connectivity index (χ4n) is 2.14. The van der Waals surface area contributed by atoms with E-state index in [1.54, 1.807) is 18.2 Å². The van der Waals surface area contributed by atoms with Crippen molar-refractivity contribution in [1.82, 2.24) is 0 Å². The molecule has 22 heavy (non-hydrogen) atoms. The molecule has 0 bridgehead atoms. The van der Waals surface area contributed by atoms with Crippen LogP contribution in [0.1, 0.15) is 45.1 Å². The Balaban J connectivity index is 2.66. The summed E-state index contributed by atoms with van der Waals surface area (Å²) < 4.78 is 0. The third-order valence-electron chi connectivity index (χ3n) is 3.47. The molecule has 0 aliphatic carbocycles. The minimum atomic E-state index is 0.121. The summed E-state index contributed by atoms with van der Waals surface area (Å²) in [5.74, 6) is 2.29. The minimum absolute atomic E-state index is 0.121. The van der Waals surface area contributed by atoms with Crippen LogP contribution in [0.5, 0.6) is 0 Å². The summed E-state index contributed by atoms with van der Waals surface area (Å²) in [4.78, 5) is 12.4. The Kier molecular flexibility index (Phi) is 9.94. The lowest BCUT2D eigenvalue weighted by Gasteiger charge is -2.12. The van der Waals surface area contributed by atoms with Gasteiger partial charge in [0.1, 0.15) is 0 Å². The Morgan fingerprint density at radius 1 is 1.23 bits per heavy atom. The number of halogens is 2. The number of carbonyl (C=O) groups is 1. The highest BCUT2D eigenvalue weighted by Gasteiger charge is 2.15. The molecule has 0 heterocycles. The molecule has 1 aromatic rings. The molecule has 1 rings (SSSR count). The van der Waals surface area contributed by atoms with Crippen molar-refractivity contribution in [2.24, 2.45) is 5.92 Å². The van der Waals surface area contributed by atoms with E-state index in [2.05, 4.69) is 13.8 Å². The number of benzene rings is 1. The average Bonchev–Trinajstić information content (AvgIpc) is 2.51. The zero-order valence-corrected chi connectivity index (χ0v) is 15.6. The number of hydrogen-bond acceptors (Lipinski definition) is 2. The molecule has 122 valence electrons. The van der Waals surface area contributed by atoms with Gasteiger partial charge < -0.3 is 0 Å². The van der Waals surface area contributed by atoms with Crippen LogP contribution in [0.15, 0.2) is 24.3 Å². The normalized spacial score (nSPS) is 12.7. The van der Waals surface area contributed by atoms with Gasteiger partial charge in [-0.15, -0.1) is 0 Å². The monoisotopic (exact) mass is 358 g/mol. The Labute approximate surface area is 148 Å². The molecule has 0 aromatic heterocycles. The van der Waals surface area contributed by atoms with Crippen LogP contribution >= 0.6 is 35.0 Å². The van der Waals surface area contributed by atoms with E-state index < -0.39 is 0 Å². The van der Waals surface area contributed by atoms with Crippen molar-refractivity contribution >= 4 is 46.8 Å². The van der Waals surface area contributed by atoms with Crippen molar-refractivity contribution in [3.8, 4) is 0 Å². The van der Waals surface area contributed by atoms with E-state index in [1.807, 2.05) is 23.9 Å². The molecular formula is C18H24Cl2OS. The molecule has 1 atom stereocenters. The number of allylic oxidation sites excluding steroid dienone is 1. The van der Waals surface area contributed by atoms with E-state index in [-0.39, 0.29) is 11.7 Å². The highest BCUT2D eigenvalue weighted by molar-refractivity contribution is 7.99. The molecule has 0 aliphatic heterocycles. The number of rotatable bonds is 10. The summed E-state index contributed by atoms with van der Waals surface area (Å²) >= 11 is 13.7. The Morgan fingerprint density at radius 3 is 2.64 bits per heavy atom. The quantitative estimate of drug-likeness (QED) is 0.349. The fourth-order valence-corrected chi connectivity index (χ4v) is 3.30. The maximum Gasteiger partial charge on any atom is 0.159 e. The maximum atomic E-state index is 12.4. The van der Waals surface area contributed by atoms with Crippen LogP contribution in [0, 0.1) is 5.92 Å². The molecule has 0 spiro atoms. The van der Waals surface area contributed by atoms with E-state index in [4.69, 9.17) is 23.2 Å². The molecule has 1 aromatic carbocycles. The molecule has 0 unspecified atom stereocenters. The molecule has 1 nitrogen and oxygen atoms in total. The fraction of sp³-hybridized carbons (Fsp3) is 0.500. The SMILES string of the molecule is CCCCC[C@H](CSCC)C(=O)/C=C/c1ccc(Cl)c(Cl)c1. The van der Waals surface area contributed by atoms with Crippen molar-refractivity contribution in [2.45, 2.75) is 39.5 Å². The number of hydrogen-bond donors (Lipinski definition) is 0. The van der Waals surface area contributed by atoms with Gasteiger partial charge in [0.05, 0.1) is 10.0 Å². The summed E-state index contributed by atoms with van der Waals surface area (Å²) in [6, 6.07) is 5.39. The van der Waals surface area contributed by atoms with Crippen LogP contribution in [0.4, 0.5) is 0 Å². The van der Waals surface area contributed by atoms with Gasteiger partial charge in [-0.2, -0.15) is 11.8 Å². The van der Waals surface area contributed by atoms with Gasteiger partial charge in [-0.1, -0.05) is 68.5 Å². The molecule has 0 fully saturated rings. The molecule has 0 radical (unpaired) electrons. The topological polar surface area (TPSA) is 17.1 Å². The van der Waals surface area contributed by atoms with Gasteiger partial charge in [0.25, 0.3) is 0 Å². The van der Waals surface area contributed by atoms with Gasteiger partial charge in [0.15, 0.2) is 5.78 Å².